The van der Waals surface area contributed by atoms with Crippen molar-refractivity contribution in [2.45, 2.75) is 16.8 Å². The molecule has 17 heavy (non-hydrogen) atoms. The van der Waals surface area contributed by atoms with E-state index in [-0.39, 0.29) is 5.03 Å². The molecule has 5 heteroatoms. The Balaban J connectivity index is 2.27. The van der Waals surface area contributed by atoms with Crippen LogP contribution in [0.15, 0.2) is 58.6 Å². The summed E-state index contributed by atoms with van der Waals surface area (Å²) < 4.78 is 24.0. The van der Waals surface area contributed by atoms with E-state index >= 15 is 0 Å². The van der Waals surface area contributed by atoms with Crippen molar-refractivity contribution in [2.75, 3.05) is 0 Å². The molecular weight excluding hydrogens is 254 g/mol. The van der Waals surface area contributed by atoms with Gasteiger partial charge in [0.05, 0.1) is 0 Å². The second-order valence-electron chi connectivity index (χ2n) is 3.52. The second-order valence-corrected chi connectivity index (χ2v) is 7.30. The zero-order chi connectivity index (χ0) is 12.3. The third-order valence-corrected chi connectivity index (χ3v) is 5.31. The van der Waals surface area contributed by atoms with Crippen molar-refractivity contribution in [3.05, 3.63) is 54.2 Å². The first-order chi connectivity index (χ1) is 8.08. The summed E-state index contributed by atoms with van der Waals surface area (Å²) >= 11 is 0. The standard InChI is InChI=1S/C12H11NO2S2/c1-10-5-7-11(8-6-10)16-17(14,15)12-4-2-3-9-13-12/h2-9H,1H3. The van der Waals surface area contributed by atoms with E-state index in [1.807, 2.05) is 19.1 Å². The fourth-order valence-electron chi connectivity index (χ4n) is 1.26. The monoisotopic (exact) mass is 265 g/mol. The highest BCUT2D eigenvalue weighted by atomic mass is 33.1. The number of rotatable bonds is 3. The summed E-state index contributed by atoms with van der Waals surface area (Å²) in [6.45, 7) is 1.96. The molecule has 0 bridgehead atoms. The largest absolute Gasteiger partial charge is 0.251 e. The fraction of sp³-hybridized carbons (Fsp3) is 0.0833. The molecule has 0 atom stereocenters. The molecule has 0 saturated heterocycles. The Morgan fingerprint density at radius 1 is 1.06 bits per heavy atom. The van der Waals surface area contributed by atoms with Crippen molar-refractivity contribution in [3.63, 3.8) is 0 Å². The van der Waals surface area contributed by atoms with E-state index in [4.69, 9.17) is 0 Å². The van der Waals surface area contributed by atoms with Gasteiger partial charge < -0.3 is 0 Å². The quantitative estimate of drug-likeness (QED) is 0.801. The molecule has 2 rings (SSSR count). The van der Waals surface area contributed by atoms with Gasteiger partial charge in [-0.3, -0.25) is 0 Å². The van der Waals surface area contributed by atoms with E-state index in [0.717, 1.165) is 16.4 Å². The van der Waals surface area contributed by atoms with E-state index in [9.17, 15) is 8.42 Å². The molecule has 0 aliphatic rings. The first-order valence-electron chi connectivity index (χ1n) is 5.00. The molecule has 0 saturated carbocycles. The first kappa shape index (κ1) is 12.1. The Morgan fingerprint density at radius 2 is 1.76 bits per heavy atom. The highest BCUT2D eigenvalue weighted by molar-refractivity contribution is 8.72. The first-order valence-corrected chi connectivity index (χ1v) is 7.82. The summed E-state index contributed by atoms with van der Waals surface area (Å²) in [6.07, 6.45) is 1.47. The minimum absolute atomic E-state index is 0.0885. The lowest BCUT2D eigenvalue weighted by Crippen LogP contribution is -1.97. The topological polar surface area (TPSA) is 47.0 Å². The van der Waals surface area contributed by atoms with Crippen molar-refractivity contribution in [1.29, 1.82) is 0 Å². The van der Waals surface area contributed by atoms with E-state index in [2.05, 4.69) is 4.98 Å². The van der Waals surface area contributed by atoms with E-state index < -0.39 is 8.87 Å². The summed E-state index contributed by atoms with van der Waals surface area (Å²) in [5.74, 6) is 0. The highest BCUT2D eigenvalue weighted by Gasteiger charge is 2.17. The zero-order valence-corrected chi connectivity index (χ0v) is 10.8. The van der Waals surface area contributed by atoms with Crippen LogP contribution >= 0.6 is 10.8 Å². The van der Waals surface area contributed by atoms with Crippen LogP contribution in [0.25, 0.3) is 0 Å². The van der Waals surface area contributed by atoms with Crippen LogP contribution in [-0.2, 0) is 8.87 Å². The number of nitrogens with zero attached hydrogens (tertiary/aromatic N) is 1. The lowest BCUT2D eigenvalue weighted by Gasteiger charge is -2.02. The molecule has 1 aromatic carbocycles. The van der Waals surface area contributed by atoms with Gasteiger partial charge in [-0.25, -0.2) is 13.4 Å². The van der Waals surface area contributed by atoms with E-state index in [0.29, 0.717) is 4.90 Å². The molecule has 0 amide bonds. The number of aromatic nitrogens is 1. The number of aryl methyl sites for hydroxylation is 1. The molecule has 0 N–H and O–H groups in total. The number of benzene rings is 1. The molecular formula is C12H11NO2S2. The van der Waals surface area contributed by atoms with Gasteiger partial charge in [0.2, 0.25) is 0 Å². The van der Waals surface area contributed by atoms with E-state index in [1.165, 1.54) is 12.3 Å². The third-order valence-electron chi connectivity index (χ3n) is 2.12. The Morgan fingerprint density at radius 3 is 2.35 bits per heavy atom. The summed E-state index contributed by atoms with van der Waals surface area (Å²) in [4.78, 5) is 4.55. The van der Waals surface area contributed by atoms with Gasteiger partial charge in [-0.05, 0) is 31.2 Å². The van der Waals surface area contributed by atoms with Crippen LogP contribution < -0.4 is 0 Å². The number of pyridine rings is 1. The van der Waals surface area contributed by atoms with Gasteiger partial charge in [0, 0.05) is 21.9 Å². The van der Waals surface area contributed by atoms with Gasteiger partial charge in [0.1, 0.15) is 0 Å². The van der Waals surface area contributed by atoms with Crippen LogP contribution in [-0.4, -0.2) is 13.4 Å². The van der Waals surface area contributed by atoms with Crippen LogP contribution in [0.2, 0.25) is 0 Å². The smallest absolute Gasteiger partial charge is 0.244 e. The van der Waals surface area contributed by atoms with Crippen LogP contribution in [0.4, 0.5) is 0 Å². The van der Waals surface area contributed by atoms with Crippen molar-refractivity contribution in [2.24, 2.45) is 0 Å². The average Bonchev–Trinajstić information content (AvgIpc) is 2.33. The summed E-state index contributed by atoms with van der Waals surface area (Å²) in [7, 11) is -2.60. The van der Waals surface area contributed by atoms with E-state index in [1.54, 1.807) is 24.3 Å². The molecule has 0 aliphatic heterocycles. The minimum atomic E-state index is -3.42. The maximum absolute atomic E-state index is 12.0. The molecule has 0 unspecified atom stereocenters. The van der Waals surface area contributed by atoms with Crippen molar-refractivity contribution >= 4 is 19.7 Å². The Bertz CT molecular complexity index is 592. The zero-order valence-electron chi connectivity index (χ0n) is 9.20. The lowest BCUT2D eigenvalue weighted by atomic mass is 10.2. The maximum Gasteiger partial charge on any atom is 0.251 e. The van der Waals surface area contributed by atoms with Crippen LogP contribution in [0.3, 0.4) is 0 Å². The fourth-order valence-corrected chi connectivity index (χ4v) is 3.92. The Kier molecular flexibility index (Phi) is 3.49. The summed E-state index contributed by atoms with van der Waals surface area (Å²) in [5.41, 5.74) is 1.10. The average molecular weight is 265 g/mol. The van der Waals surface area contributed by atoms with Gasteiger partial charge in [-0.1, -0.05) is 23.8 Å². The maximum atomic E-state index is 12.0. The molecule has 2 aromatic rings. The molecule has 0 fully saturated rings. The normalized spacial score (nSPS) is 11.4. The van der Waals surface area contributed by atoms with Gasteiger partial charge in [0.15, 0.2) is 5.03 Å². The minimum Gasteiger partial charge on any atom is -0.244 e. The molecule has 1 heterocycles. The van der Waals surface area contributed by atoms with Gasteiger partial charge in [-0.2, -0.15) is 0 Å². The summed E-state index contributed by atoms with van der Waals surface area (Å²) in [5, 5.41) is 0.0885. The molecule has 0 aliphatic carbocycles. The van der Waals surface area contributed by atoms with Gasteiger partial charge >= 0.3 is 0 Å². The molecule has 1 aromatic heterocycles. The third kappa shape index (κ3) is 3.08. The summed E-state index contributed by atoms with van der Waals surface area (Å²) in [6, 6.07) is 12.2. The van der Waals surface area contributed by atoms with Crippen molar-refractivity contribution in [3.8, 4) is 0 Å². The van der Waals surface area contributed by atoms with Crippen molar-refractivity contribution < 1.29 is 8.42 Å². The van der Waals surface area contributed by atoms with Crippen molar-refractivity contribution in [1.82, 2.24) is 4.98 Å². The SMILES string of the molecule is Cc1ccc(SS(=O)(=O)c2ccccn2)cc1. The predicted molar refractivity (Wildman–Crippen MR) is 68.5 cm³/mol. The Hall–Kier alpha value is -1.33. The predicted octanol–water partition coefficient (Wildman–Crippen LogP) is 2.87. The number of hydrogen-bond acceptors (Lipinski definition) is 4. The highest BCUT2D eigenvalue weighted by Crippen LogP contribution is 2.29. The van der Waals surface area contributed by atoms with Gasteiger partial charge in [0.25, 0.3) is 8.87 Å². The number of hydrogen-bond donors (Lipinski definition) is 0. The molecule has 88 valence electrons. The van der Waals surface area contributed by atoms with Crippen LogP contribution in [0.5, 0.6) is 0 Å². The second kappa shape index (κ2) is 4.89. The molecule has 3 nitrogen and oxygen atoms in total. The lowest BCUT2D eigenvalue weighted by molar-refractivity contribution is 0.607. The van der Waals surface area contributed by atoms with Crippen LogP contribution in [0.1, 0.15) is 5.56 Å². The van der Waals surface area contributed by atoms with Gasteiger partial charge in [-0.15, -0.1) is 0 Å². The molecule has 0 spiro atoms. The molecule has 0 radical (unpaired) electrons. The van der Waals surface area contributed by atoms with Crippen LogP contribution in [0, 0.1) is 6.92 Å². The Labute approximate surface area is 104 Å².